The van der Waals surface area contributed by atoms with Crippen molar-refractivity contribution in [2.45, 2.75) is 55.2 Å². The highest BCUT2D eigenvalue weighted by Crippen LogP contribution is 2.28. The molecule has 0 fully saturated rings. The minimum absolute atomic E-state index is 0.0563. The Balaban J connectivity index is 1.87. The molecule has 0 aliphatic carbocycles. The van der Waals surface area contributed by atoms with Crippen LogP contribution in [0.2, 0.25) is 0 Å². The summed E-state index contributed by atoms with van der Waals surface area (Å²) in [6.45, 7) is 1.86. The lowest BCUT2D eigenvalue weighted by Gasteiger charge is -2.30. The Morgan fingerprint density at radius 3 is 2.62 bits per heavy atom. The number of sulfonamides is 1. The normalized spacial score (nSPS) is 18.2. The summed E-state index contributed by atoms with van der Waals surface area (Å²) in [6.07, 6.45) is -2.03. The zero-order valence-corrected chi connectivity index (χ0v) is 21.8. The number of carbonyl (C=O) groups excluding carboxylic acids is 1. The fourth-order valence-corrected chi connectivity index (χ4v) is 6.32. The molecule has 1 aromatic carbocycles. The van der Waals surface area contributed by atoms with Gasteiger partial charge in [0.2, 0.25) is 15.9 Å². The van der Waals surface area contributed by atoms with Crippen molar-refractivity contribution in [1.82, 2.24) is 14.8 Å². The molecule has 3 atom stereocenters. The van der Waals surface area contributed by atoms with Gasteiger partial charge >= 0.3 is 6.18 Å². The predicted molar refractivity (Wildman–Crippen MR) is 133 cm³/mol. The molecule has 0 bridgehead atoms. The molecule has 2 aromatic rings. The van der Waals surface area contributed by atoms with Crippen molar-refractivity contribution >= 4 is 27.7 Å². The molecule has 3 rings (SSSR count). The summed E-state index contributed by atoms with van der Waals surface area (Å²) in [6, 6.07) is 7.64. The van der Waals surface area contributed by atoms with E-state index in [4.69, 9.17) is 4.52 Å². The molecule has 37 heavy (non-hydrogen) atoms. The van der Waals surface area contributed by atoms with Crippen LogP contribution < -0.4 is 5.32 Å². The van der Waals surface area contributed by atoms with Gasteiger partial charge < -0.3 is 14.9 Å². The Bertz CT molecular complexity index is 1220. The van der Waals surface area contributed by atoms with Crippen LogP contribution in [0.1, 0.15) is 24.7 Å². The van der Waals surface area contributed by atoms with Crippen molar-refractivity contribution in [2.75, 3.05) is 13.1 Å². The SMILES string of the molecule is C/C(=C\C(=O)NC(Cc1ccccc1)C(O)CN(CC1CC=CS1)S(=O)(=O)c1cnoc1C)C(F)(F)F. The summed E-state index contributed by atoms with van der Waals surface area (Å²) in [7, 11) is -4.14. The molecular formula is C24H28F3N3O5S2. The first-order valence-electron chi connectivity index (χ1n) is 11.4. The van der Waals surface area contributed by atoms with Gasteiger partial charge in [0.25, 0.3) is 0 Å². The van der Waals surface area contributed by atoms with Crippen LogP contribution in [-0.4, -0.2) is 65.6 Å². The summed E-state index contributed by atoms with van der Waals surface area (Å²) < 4.78 is 71.7. The first-order valence-corrected chi connectivity index (χ1v) is 13.8. The van der Waals surface area contributed by atoms with Crippen molar-refractivity contribution in [3.8, 4) is 0 Å². The first kappa shape index (κ1) is 29.0. The van der Waals surface area contributed by atoms with Crippen molar-refractivity contribution in [3.63, 3.8) is 0 Å². The Morgan fingerprint density at radius 2 is 2.05 bits per heavy atom. The molecule has 0 saturated heterocycles. The van der Waals surface area contributed by atoms with Gasteiger partial charge in [0.1, 0.15) is 4.90 Å². The van der Waals surface area contributed by atoms with E-state index in [0.29, 0.717) is 18.1 Å². The second-order valence-electron chi connectivity index (χ2n) is 8.63. The van der Waals surface area contributed by atoms with Crippen molar-refractivity contribution in [2.24, 2.45) is 0 Å². The number of benzene rings is 1. The van der Waals surface area contributed by atoms with E-state index in [1.54, 1.807) is 30.3 Å². The minimum atomic E-state index is -4.68. The van der Waals surface area contributed by atoms with Gasteiger partial charge in [-0.15, -0.1) is 11.8 Å². The Labute approximate surface area is 217 Å². The van der Waals surface area contributed by atoms with Crippen molar-refractivity contribution in [1.29, 1.82) is 0 Å². The van der Waals surface area contributed by atoms with Gasteiger partial charge in [-0.2, -0.15) is 17.5 Å². The van der Waals surface area contributed by atoms with Gasteiger partial charge in [-0.05, 0) is 37.7 Å². The van der Waals surface area contributed by atoms with Gasteiger partial charge in [0.05, 0.1) is 18.3 Å². The number of nitrogens with one attached hydrogen (secondary N) is 1. The summed E-state index contributed by atoms with van der Waals surface area (Å²) in [5, 5.41) is 18.9. The third-order valence-electron chi connectivity index (χ3n) is 5.77. The van der Waals surface area contributed by atoms with Crippen LogP contribution in [0.3, 0.4) is 0 Å². The summed E-state index contributed by atoms with van der Waals surface area (Å²) >= 11 is 1.45. The first-order chi connectivity index (χ1) is 17.4. The van der Waals surface area contributed by atoms with E-state index >= 15 is 0 Å². The number of carbonyl (C=O) groups is 1. The Hall–Kier alpha value is -2.61. The molecule has 1 aliphatic rings. The molecule has 202 valence electrons. The number of aromatic nitrogens is 1. The van der Waals surface area contributed by atoms with Gasteiger partial charge in [0.15, 0.2) is 5.76 Å². The Kier molecular flexibility index (Phi) is 9.62. The number of allylic oxidation sites excluding steroid dienone is 2. The molecule has 1 amide bonds. The molecule has 1 aliphatic heterocycles. The van der Waals surface area contributed by atoms with E-state index in [-0.39, 0.29) is 28.9 Å². The lowest BCUT2D eigenvalue weighted by molar-refractivity contribution is -0.119. The number of thioether (sulfide) groups is 1. The van der Waals surface area contributed by atoms with E-state index in [9.17, 15) is 31.5 Å². The third-order valence-corrected chi connectivity index (χ3v) is 8.78. The summed E-state index contributed by atoms with van der Waals surface area (Å²) in [5.41, 5.74) is -0.404. The van der Waals surface area contributed by atoms with Crippen LogP contribution in [0.15, 0.2) is 69.1 Å². The van der Waals surface area contributed by atoms with Crippen LogP contribution in [0.25, 0.3) is 0 Å². The van der Waals surface area contributed by atoms with E-state index in [0.717, 1.165) is 17.4 Å². The molecule has 13 heteroatoms. The second kappa shape index (κ2) is 12.3. The number of aryl methyl sites for hydroxylation is 1. The molecule has 0 spiro atoms. The maximum absolute atomic E-state index is 13.5. The van der Waals surface area contributed by atoms with Crippen LogP contribution in [0.4, 0.5) is 13.2 Å². The number of aliphatic hydroxyl groups is 1. The highest BCUT2D eigenvalue weighted by Gasteiger charge is 2.35. The number of hydrogen-bond acceptors (Lipinski definition) is 7. The van der Waals surface area contributed by atoms with Crippen molar-refractivity contribution < 1.29 is 36.0 Å². The van der Waals surface area contributed by atoms with Gasteiger partial charge in [-0.25, -0.2) is 8.42 Å². The second-order valence-corrected chi connectivity index (χ2v) is 11.7. The fraction of sp³-hybridized carbons (Fsp3) is 0.417. The van der Waals surface area contributed by atoms with Gasteiger partial charge in [0, 0.05) is 30.0 Å². The molecule has 1 aromatic heterocycles. The number of rotatable bonds is 11. The molecule has 2 heterocycles. The van der Waals surface area contributed by atoms with Crippen LogP contribution >= 0.6 is 11.8 Å². The molecule has 0 saturated carbocycles. The average molecular weight is 560 g/mol. The third kappa shape index (κ3) is 7.94. The monoisotopic (exact) mass is 559 g/mol. The molecule has 2 N–H and O–H groups in total. The quantitative estimate of drug-likeness (QED) is 0.405. The highest BCUT2D eigenvalue weighted by atomic mass is 32.2. The number of amides is 1. The number of nitrogens with zero attached hydrogens (tertiary/aromatic N) is 2. The van der Waals surface area contributed by atoms with E-state index in [1.807, 2.05) is 11.5 Å². The van der Waals surface area contributed by atoms with Crippen LogP contribution in [0.5, 0.6) is 0 Å². The number of hydrogen-bond donors (Lipinski definition) is 2. The smallest absolute Gasteiger partial charge is 0.390 e. The predicted octanol–water partition coefficient (Wildman–Crippen LogP) is 3.59. The summed E-state index contributed by atoms with van der Waals surface area (Å²) in [5.74, 6) is -0.965. The zero-order valence-electron chi connectivity index (χ0n) is 20.2. The molecule has 3 unspecified atom stereocenters. The average Bonchev–Trinajstić information content (AvgIpc) is 3.50. The number of halogens is 3. The topological polar surface area (TPSA) is 113 Å². The van der Waals surface area contributed by atoms with Crippen LogP contribution in [-0.2, 0) is 21.2 Å². The fourth-order valence-electron chi connectivity index (χ4n) is 3.71. The van der Waals surface area contributed by atoms with Gasteiger partial charge in [-0.3, -0.25) is 4.79 Å². The minimum Gasteiger partial charge on any atom is -0.390 e. The maximum atomic E-state index is 13.5. The lowest BCUT2D eigenvalue weighted by atomic mass is 10.0. The number of aliphatic hydroxyl groups excluding tert-OH is 1. The Morgan fingerprint density at radius 1 is 1.35 bits per heavy atom. The van der Waals surface area contributed by atoms with Crippen molar-refractivity contribution in [3.05, 3.63) is 71.0 Å². The van der Waals surface area contributed by atoms with E-state index < -0.39 is 46.4 Å². The van der Waals surface area contributed by atoms with E-state index in [2.05, 4.69) is 10.5 Å². The van der Waals surface area contributed by atoms with Gasteiger partial charge in [-0.1, -0.05) is 41.6 Å². The van der Waals surface area contributed by atoms with Crippen LogP contribution in [0, 0.1) is 6.92 Å². The summed E-state index contributed by atoms with van der Waals surface area (Å²) in [4.78, 5) is 12.3. The molecule has 0 radical (unpaired) electrons. The molecule has 8 nitrogen and oxygen atoms in total. The maximum Gasteiger partial charge on any atom is 0.412 e. The highest BCUT2D eigenvalue weighted by molar-refractivity contribution is 8.03. The lowest BCUT2D eigenvalue weighted by Crippen LogP contribution is -2.51. The van der Waals surface area contributed by atoms with E-state index in [1.165, 1.54) is 18.7 Å². The zero-order chi connectivity index (χ0) is 27.2. The largest absolute Gasteiger partial charge is 0.412 e. The number of alkyl halides is 3. The standard InChI is InChI=1S/C24H28F3N3O5S2/c1-16(24(25,26)27)11-23(32)29-20(12-18-7-4-3-5-8-18)21(31)15-30(14-19-9-6-10-36-19)37(33,34)22-13-28-35-17(22)2/h3-8,10-11,13,19-21,31H,9,12,14-15H2,1-2H3,(H,29,32)/b16-11+. The molecular weight excluding hydrogens is 531 g/mol.